The Hall–Kier alpha value is -2.70. The minimum absolute atomic E-state index is 0.0884. The third kappa shape index (κ3) is 2.38. The lowest BCUT2D eigenvalue weighted by atomic mass is 9.89. The van der Waals surface area contributed by atoms with Gasteiger partial charge in [0.15, 0.2) is 6.29 Å². The highest BCUT2D eigenvalue weighted by Crippen LogP contribution is 2.44. The molecule has 0 aliphatic carbocycles. The van der Waals surface area contributed by atoms with Gasteiger partial charge in [0, 0.05) is 30.7 Å². The van der Waals surface area contributed by atoms with Gasteiger partial charge in [-0.3, -0.25) is 19.7 Å². The fraction of sp³-hybridized carbons (Fsp3) is 0.375. The lowest BCUT2D eigenvalue weighted by Gasteiger charge is -2.37. The molecule has 23 heavy (non-hydrogen) atoms. The van der Waals surface area contributed by atoms with Crippen LogP contribution in [0.5, 0.6) is 5.75 Å². The predicted octanol–water partition coefficient (Wildman–Crippen LogP) is 2.30. The van der Waals surface area contributed by atoms with E-state index >= 15 is 0 Å². The average molecular weight is 316 g/mol. The van der Waals surface area contributed by atoms with Crippen molar-refractivity contribution >= 4 is 23.6 Å². The number of carbonyl (C=O) groups is 2. The molecule has 0 atom stereocenters. The molecule has 0 spiro atoms. The molecule has 2 heterocycles. The van der Waals surface area contributed by atoms with E-state index in [0.717, 1.165) is 0 Å². The van der Waals surface area contributed by atoms with Gasteiger partial charge in [0.1, 0.15) is 11.4 Å². The lowest BCUT2D eigenvalue weighted by Crippen LogP contribution is -2.39. The number of hydrogen-bond donors (Lipinski definition) is 0. The van der Waals surface area contributed by atoms with Gasteiger partial charge in [-0.05, 0) is 26.3 Å². The van der Waals surface area contributed by atoms with E-state index in [1.807, 2.05) is 0 Å². The molecule has 1 saturated heterocycles. The molecule has 1 aromatic rings. The Morgan fingerprint density at radius 3 is 2.70 bits per heavy atom. The zero-order valence-corrected chi connectivity index (χ0v) is 12.9. The van der Waals surface area contributed by atoms with E-state index < -0.39 is 10.5 Å². The van der Waals surface area contributed by atoms with Crippen LogP contribution < -0.4 is 4.74 Å². The van der Waals surface area contributed by atoms with Crippen LogP contribution >= 0.6 is 0 Å². The number of benzene rings is 1. The van der Waals surface area contributed by atoms with Crippen LogP contribution in [0.3, 0.4) is 0 Å². The fourth-order valence-corrected chi connectivity index (χ4v) is 3.04. The summed E-state index contributed by atoms with van der Waals surface area (Å²) in [5, 5.41) is 11.1. The number of non-ortho nitro benzene ring substituents is 1. The number of aldehydes is 1. The molecule has 120 valence electrons. The Morgan fingerprint density at radius 2 is 2.13 bits per heavy atom. The van der Waals surface area contributed by atoms with Crippen molar-refractivity contribution in [2.75, 3.05) is 6.54 Å². The Bertz CT molecular complexity index is 751. The van der Waals surface area contributed by atoms with E-state index in [1.165, 1.54) is 23.1 Å². The van der Waals surface area contributed by atoms with Crippen molar-refractivity contribution in [1.82, 2.24) is 4.90 Å². The first-order valence-electron chi connectivity index (χ1n) is 7.33. The quantitative estimate of drug-likeness (QED) is 0.485. The highest BCUT2D eigenvalue weighted by molar-refractivity contribution is 5.99. The SMILES string of the molecule is CC1(C)Oc2ccc([N+](=O)[O-])cc2C(N2CCCC2=O)=C1C=O. The van der Waals surface area contributed by atoms with Gasteiger partial charge in [0.25, 0.3) is 5.69 Å². The molecular weight excluding hydrogens is 300 g/mol. The summed E-state index contributed by atoms with van der Waals surface area (Å²) in [6, 6.07) is 4.22. The maximum absolute atomic E-state index is 12.2. The van der Waals surface area contributed by atoms with E-state index in [4.69, 9.17) is 4.74 Å². The number of amides is 1. The third-order valence-electron chi connectivity index (χ3n) is 4.16. The fourth-order valence-electron chi connectivity index (χ4n) is 3.04. The second-order valence-electron chi connectivity index (χ2n) is 6.08. The summed E-state index contributed by atoms with van der Waals surface area (Å²) in [6.45, 7) is 3.97. The van der Waals surface area contributed by atoms with E-state index in [1.54, 1.807) is 13.8 Å². The molecule has 1 fully saturated rings. The van der Waals surface area contributed by atoms with Crippen molar-refractivity contribution in [3.05, 3.63) is 39.4 Å². The molecule has 0 bridgehead atoms. The Labute approximate surface area is 132 Å². The molecule has 0 radical (unpaired) electrons. The summed E-state index contributed by atoms with van der Waals surface area (Å²) in [4.78, 5) is 35.9. The summed E-state index contributed by atoms with van der Waals surface area (Å²) in [6.07, 6.45) is 1.77. The number of nitrogens with zero attached hydrogens (tertiary/aromatic N) is 2. The van der Waals surface area contributed by atoms with E-state index in [2.05, 4.69) is 0 Å². The predicted molar refractivity (Wildman–Crippen MR) is 81.7 cm³/mol. The van der Waals surface area contributed by atoms with Crippen molar-refractivity contribution < 1.29 is 19.2 Å². The molecule has 1 amide bonds. The van der Waals surface area contributed by atoms with Gasteiger partial charge in [0.05, 0.1) is 16.2 Å². The molecule has 0 saturated carbocycles. The standard InChI is InChI=1S/C16H16N2O5/c1-16(2)12(9-19)15(17-7-3-4-14(17)20)11-8-10(18(21)22)5-6-13(11)23-16/h5-6,8-9H,3-4,7H2,1-2H3. The van der Waals surface area contributed by atoms with Gasteiger partial charge < -0.3 is 9.64 Å². The van der Waals surface area contributed by atoms with E-state index in [-0.39, 0.29) is 11.6 Å². The lowest BCUT2D eigenvalue weighted by molar-refractivity contribution is -0.384. The van der Waals surface area contributed by atoms with Gasteiger partial charge in [-0.25, -0.2) is 0 Å². The van der Waals surface area contributed by atoms with Crippen molar-refractivity contribution in [3.63, 3.8) is 0 Å². The smallest absolute Gasteiger partial charge is 0.270 e. The summed E-state index contributed by atoms with van der Waals surface area (Å²) < 4.78 is 5.83. The second-order valence-corrected chi connectivity index (χ2v) is 6.08. The van der Waals surface area contributed by atoms with Crippen LogP contribution in [0.25, 0.3) is 5.70 Å². The highest BCUT2D eigenvalue weighted by Gasteiger charge is 2.40. The molecule has 2 aliphatic heterocycles. The molecule has 0 aromatic heterocycles. The van der Waals surface area contributed by atoms with Crippen LogP contribution in [0.2, 0.25) is 0 Å². The first-order chi connectivity index (χ1) is 10.8. The number of carbonyl (C=O) groups excluding carboxylic acids is 2. The van der Waals surface area contributed by atoms with Crippen LogP contribution in [0, 0.1) is 10.1 Å². The van der Waals surface area contributed by atoms with E-state index in [9.17, 15) is 19.7 Å². The van der Waals surface area contributed by atoms with Crippen molar-refractivity contribution in [3.8, 4) is 5.75 Å². The molecule has 7 heteroatoms. The molecule has 0 unspecified atom stereocenters. The number of hydrogen-bond acceptors (Lipinski definition) is 5. The van der Waals surface area contributed by atoms with Gasteiger partial charge in [-0.2, -0.15) is 0 Å². The first-order valence-corrected chi connectivity index (χ1v) is 7.33. The number of rotatable bonds is 3. The summed E-state index contributed by atoms with van der Waals surface area (Å²) in [5.41, 5.74) is 0.138. The van der Waals surface area contributed by atoms with Crippen LogP contribution in [-0.4, -0.2) is 34.2 Å². The van der Waals surface area contributed by atoms with Crippen LogP contribution in [-0.2, 0) is 9.59 Å². The number of likely N-dealkylation sites (tertiary alicyclic amines) is 1. The normalized spacial score (nSPS) is 19.4. The zero-order valence-electron chi connectivity index (χ0n) is 12.9. The van der Waals surface area contributed by atoms with Gasteiger partial charge in [-0.1, -0.05) is 0 Å². The number of nitro benzene ring substituents is 1. The van der Waals surface area contributed by atoms with Crippen molar-refractivity contribution in [1.29, 1.82) is 0 Å². The molecule has 0 N–H and O–H groups in total. The van der Waals surface area contributed by atoms with Gasteiger partial charge in [0.2, 0.25) is 5.91 Å². The average Bonchev–Trinajstić information content (AvgIpc) is 2.90. The van der Waals surface area contributed by atoms with Crippen molar-refractivity contribution in [2.24, 2.45) is 0 Å². The van der Waals surface area contributed by atoms with Gasteiger partial charge >= 0.3 is 0 Å². The number of ether oxygens (including phenoxy) is 1. The largest absolute Gasteiger partial charge is 0.482 e. The molecule has 1 aromatic carbocycles. The monoisotopic (exact) mass is 316 g/mol. The summed E-state index contributed by atoms with van der Waals surface area (Å²) in [7, 11) is 0. The topological polar surface area (TPSA) is 89.8 Å². The number of fused-ring (bicyclic) bond motifs is 1. The highest BCUT2D eigenvalue weighted by atomic mass is 16.6. The molecule has 3 rings (SSSR count). The Kier molecular flexibility index (Phi) is 3.43. The maximum Gasteiger partial charge on any atom is 0.270 e. The van der Waals surface area contributed by atoms with Crippen molar-refractivity contribution in [2.45, 2.75) is 32.3 Å². The zero-order chi connectivity index (χ0) is 16.8. The van der Waals surface area contributed by atoms with Crippen LogP contribution in [0.4, 0.5) is 5.69 Å². The van der Waals surface area contributed by atoms with Crippen LogP contribution in [0.1, 0.15) is 32.3 Å². The Balaban J connectivity index is 2.27. The minimum Gasteiger partial charge on any atom is -0.482 e. The third-order valence-corrected chi connectivity index (χ3v) is 4.16. The summed E-state index contributed by atoms with van der Waals surface area (Å²) >= 11 is 0. The molecule has 2 aliphatic rings. The minimum atomic E-state index is -0.914. The summed E-state index contributed by atoms with van der Waals surface area (Å²) in [5.74, 6) is 0.343. The molecule has 7 nitrogen and oxygen atoms in total. The maximum atomic E-state index is 12.2. The molecular formula is C16H16N2O5. The Morgan fingerprint density at radius 1 is 1.39 bits per heavy atom. The number of nitro groups is 1. The van der Waals surface area contributed by atoms with Gasteiger partial charge in [-0.15, -0.1) is 0 Å². The first kappa shape index (κ1) is 15.2. The van der Waals surface area contributed by atoms with Crippen LogP contribution in [0.15, 0.2) is 23.8 Å². The van der Waals surface area contributed by atoms with E-state index in [0.29, 0.717) is 48.3 Å². The second kappa shape index (κ2) is 5.19.